The van der Waals surface area contributed by atoms with Crippen LogP contribution in [0.3, 0.4) is 0 Å². The van der Waals surface area contributed by atoms with E-state index >= 15 is 0 Å². The minimum Gasteiger partial charge on any atom is -0.495 e. The van der Waals surface area contributed by atoms with Crippen molar-refractivity contribution < 1.29 is 9.47 Å². The lowest BCUT2D eigenvalue weighted by Gasteiger charge is -2.11. The van der Waals surface area contributed by atoms with E-state index in [1.807, 2.05) is 24.3 Å². The molecule has 126 valence electrons. The Hall–Kier alpha value is -3.48. The zero-order valence-corrected chi connectivity index (χ0v) is 13.8. The first-order valence-corrected chi connectivity index (χ1v) is 7.55. The van der Waals surface area contributed by atoms with Crippen LogP contribution in [0.4, 0.5) is 0 Å². The highest BCUT2D eigenvalue weighted by Crippen LogP contribution is 2.32. The fourth-order valence-electron chi connectivity index (χ4n) is 2.48. The van der Waals surface area contributed by atoms with Gasteiger partial charge in [0.25, 0.3) is 0 Å². The number of H-pyrrole nitrogens is 1. The van der Waals surface area contributed by atoms with E-state index in [1.54, 1.807) is 24.5 Å². The normalized spacial score (nSPS) is 11.0. The molecular formula is C18H17N5O2. The Kier molecular flexibility index (Phi) is 4.56. The second-order valence-electron chi connectivity index (χ2n) is 5.28. The largest absolute Gasteiger partial charge is 0.495 e. The van der Waals surface area contributed by atoms with Crippen molar-refractivity contribution in [1.82, 2.24) is 15.2 Å². The summed E-state index contributed by atoms with van der Waals surface area (Å²) in [4.78, 5) is 4.08. The molecule has 0 saturated heterocycles. The van der Waals surface area contributed by atoms with Crippen molar-refractivity contribution in [3.63, 3.8) is 0 Å². The maximum absolute atomic E-state index is 8.04. The van der Waals surface area contributed by atoms with E-state index in [2.05, 4.69) is 15.2 Å². The Morgan fingerprint density at radius 2 is 2.04 bits per heavy atom. The number of aromatic amines is 1. The monoisotopic (exact) mass is 335 g/mol. The number of aromatic nitrogens is 3. The van der Waals surface area contributed by atoms with Gasteiger partial charge in [-0.1, -0.05) is 12.1 Å². The molecule has 1 aromatic carbocycles. The molecule has 0 saturated carbocycles. The molecule has 0 atom stereocenters. The third-order valence-electron chi connectivity index (χ3n) is 3.53. The van der Waals surface area contributed by atoms with Crippen LogP contribution in [-0.2, 0) is 4.74 Å². The summed E-state index contributed by atoms with van der Waals surface area (Å²) in [5.41, 5.74) is 2.87. The van der Waals surface area contributed by atoms with Gasteiger partial charge in [-0.2, -0.15) is 5.10 Å². The molecule has 0 fully saturated rings. The van der Waals surface area contributed by atoms with Gasteiger partial charge in [0.15, 0.2) is 5.90 Å². The molecule has 2 aromatic heterocycles. The Bertz CT molecular complexity index is 960. The SMILES string of the molecule is COc1c(C(=N)OC(C)=N)ccc2[nH]nc(/C=C/c3cccnc3)c12. The van der Waals surface area contributed by atoms with Gasteiger partial charge in [0.2, 0.25) is 5.90 Å². The number of pyridine rings is 1. The zero-order chi connectivity index (χ0) is 17.8. The maximum atomic E-state index is 8.04. The summed E-state index contributed by atoms with van der Waals surface area (Å²) in [7, 11) is 1.53. The molecule has 25 heavy (non-hydrogen) atoms. The molecule has 0 bridgehead atoms. The molecule has 2 heterocycles. The van der Waals surface area contributed by atoms with E-state index in [-0.39, 0.29) is 11.8 Å². The maximum Gasteiger partial charge on any atom is 0.224 e. The first-order valence-electron chi connectivity index (χ1n) is 7.55. The highest BCUT2D eigenvalue weighted by atomic mass is 16.5. The first kappa shape index (κ1) is 16.4. The molecule has 3 N–H and O–H groups in total. The van der Waals surface area contributed by atoms with Gasteiger partial charge in [-0.3, -0.25) is 20.9 Å². The predicted molar refractivity (Wildman–Crippen MR) is 97.1 cm³/mol. The summed E-state index contributed by atoms with van der Waals surface area (Å²) in [6, 6.07) is 7.31. The Morgan fingerprint density at radius 1 is 1.20 bits per heavy atom. The van der Waals surface area contributed by atoms with E-state index in [1.165, 1.54) is 14.0 Å². The van der Waals surface area contributed by atoms with Crippen molar-refractivity contribution in [2.24, 2.45) is 0 Å². The van der Waals surface area contributed by atoms with Crippen LogP contribution in [0.25, 0.3) is 23.1 Å². The van der Waals surface area contributed by atoms with Gasteiger partial charge in [-0.05, 0) is 29.8 Å². The topological polar surface area (TPSA) is 108 Å². The molecule has 0 radical (unpaired) electrons. The summed E-state index contributed by atoms with van der Waals surface area (Å²) in [5.74, 6) is 0.272. The van der Waals surface area contributed by atoms with Crippen LogP contribution < -0.4 is 4.74 Å². The quantitative estimate of drug-likeness (QED) is 0.501. The standard InChI is InChI=1S/C18H17N5O2/c1-11(19)25-18(20)13-6-8-15-16(17(13)24-2)14(22-23-15)7-5-12-4-3-9-21-10-12/h3-10,19-20H,1-2H3,(H,22,23)/b7-5+,19-11?,20-18?. The molecule has 0 aliphatic heterocycles. The second kappa shape index (κ2) is 6.96. The van der Waals surface area contributed by atoms with E-state index in [0.717, 1.165) is 16.5 Å². The van der Waals surface area contributed by atoms with Crippen LogP contribution in [0.1, 0.15) is 23.7 Å². The lowest BCUT2D eigenvalue weighted by Crippen LogP contribution is -2.10. The van der Waals surface area contributed by atoms with Gasteiger partial charge in [0.1, 0.15) is 5.75 Å². The Balaban J connectivity index is 2.07. The zero-order valence-electron chi connectivity index (χ0n) is 13.8. The minimum atomic E-state index is -0.144. The second-order valence-corrected chi connectivity index (χ2v) is 5.28. The molecule has 3 rings (SSSR count). The van der Waals surface area contributed by atoms with Crippen molar-refractivity contribution in [2.45, 2.75) is 6.92 Å². The molecule has 0 amide bonds. The number of benzene rings is 1. The van der Waals surface area contributed by atoms with Crippen molar-refractivity contribution >= 4 is 34.9 Å². The highest BCUT2D eigenvalue weighted by molar-refractivity contribution is 6.06. The lowest BCUT2D eigenvalue weighted by molar-refractivity contribution is 0.416. The molecule has 0 aliphatic carbocycles. The van der Waals surface area contributed by atoms with Crippen molar-refractivity contribution in [2.75, 3.05) is 7.11 Å². The van der Waals surface area contributed by atoms with Gasteiger partial charge >= 0.3 is 0 Å². The number of methoxy groups -OCH3 is 1. The smallest absolute Gasteiger partial charge is 0.224 e. The number of ether oxygens (including phenoxy) is 2. The molecule has 3 aromatic rings. The fraction of sp³-hybridized carbons (Fsp3) is 0.111. The first-order chi connectivity index (χ1) is 12.1. The van der Waals surface area contributed by atoms with Crippen molar-refractivity contribution in [3.8, 4) is 5.75 Å². The van der Waals surface area contributed by atoms with Crippen LogP contribution in [-0.4, -0.2) is 34.1 Å². The van der Waals surface area contributed by atoms with Crippen LogP contribution in [0.2, 0.25) is 0 Å². The predicted octanol–water partition coefficient (Wildman–Crippen LogP) is 3.48. The van der Waals surface area contributed by atoms with Crippen LogP contribution in [0.5, 0.6) is 5.75 Å². The molecular weight excluding hydrogens is 318 g/mol. The van der Waals surface area contributed by atoms with E-state index in [9.17, 15) is 0 Å². The summed E-state index contributed by atoms with van der Waals surface area (Å²) < 4.78 is 10.6. The third-order valence-corrected chi connectivity index (χ3v) is 3.53. The van der Waals surface area contributed by atoms with E-state index in [4.69, 9.17) is 20.3 Å². The van der Waals surface area contributed by atoms with Crippen LogP contribution in [0.15, 0.2) is 36.7 Å². The van der Waals surface area contributed by atoms with Crippen molar-refractivity contribution in [1.29, 1.82) is 10.8 Å². The van der Waals surface area contributed by atoms with Gasteiger partial charge in [-0.15, -0.1) is 0 Å². The highest BCUT2D eigenvalue weighted by Gasteiger charge is 2.18. The van der Waals surface area contributed by atoms with Crippen LogP contribution >= 0.6 is 0 Å². The summed E-state index contributed by atoms with van der Waals surface area (Å²) in [5, 5.41) is 23.5. The summed E-state index contributed by atoms with van der Waals surface area (Å²) in [6.45, 7) is 1.47. The number of nitrogens with one attached hydrogen (secondary N) is 3. The molecule has 0 aliphatic rings. The lowest BCUT2D eigenvalue weighted by atomic mass is 10.1. The van der Waals surface area contributed by atoms with Gasteiger partial charge in [0, 0.05) is 19.3 Å². The number of fused-ring (bicyclic) bond motifs is 1. The summed E-state index contributed by atoms with van der Waals surface area (Å²) in [6.07, 6.45) is 7.23. The van der Waals surface area contributed by atoms with E-state index in [0.29, 0.717) is 17.0 Å². The van der Waals surface area contributed by atoms with Gasteiger partial charge < -0.3 is 9.47 Å². The molecule has 7 nitrogen and oxygen atoms in total. The number of rotatable bonds is 4. The fourth-order valence-corrected chi connectivity index (χ4v) is 2.48. The average molecular weight is 335 g/mol. The van der Waals surface area contributed by atoms with Crippen LogP contribution in [0, 0.1) is 10.8 Å². The summed E-state index contributed by atoms with van der Waals surface area (Å²) >= 11 is 0. The Morgan fingerprint density at radius 3 is 2.72 bits per heavy atom. The van der Waals surface area contributed by atoms with Crippen molar-refractivity contribution in [3.05, 3.63) is 53.5 Å². The number of hydrogen-bond donors (Lipinski definition) is 3. The Labute approximate surface area is 144 Å². The van der Waals surface area contributed by atoms with Gasteiger partial charge in [0.05, 0.1) is 29.3 Å². The molecule has 0 spiro atoms. The number of nitrogens with zero attached hydrogens (tertiary/aromatic N) is 2. The average Bonchev–Trinajstić information content (AvgIpc) is 3.02. The minimum absolute atomic E-state index is 0.0592. The third kappa shape index (κ3) is 3.40. The molecule has 7 heteroatoms. The van der Waals surface area contributed by atoms with E-state index < -0.39 is 0 Å². The molecule has 0 unspecified atom stereocenters. The van der Waals surface area contributed by atoms with Gasteiger partial charge in [-0.25, -0.2) is 0 Å². The number of hydrogen-bond acceptors (Lipinski definition) is 6.